The van der Waals surface area contributed by atoms with Crippen LogP contribution in [0.4, 0.5) is 0 Å². The Kier molecular flexibility index (Phi) is 4.48. The maximum atomic E-state index is 10.2. The van der Waals surface area contributed by atoms with Crippen LogP contribution in [0.5, 0.6) is 5.75 Å². The number of nitrogens with two attached hydrogens (primary N) is 1. The summed E-state index contributed by atoms with van der Waals surface area (Å²) in [5.74, 6) is 0.816. The molecule has 0 amide bonds. The fraction of sp³-hybridized carbons (Fsp3) is 0.625. The van der Waals surface area contributed by atoms with E-state index in [1.807, 2.05) is 26.0 Å². The maximum absolute atomic E-state index is 10.2. The Morgan fingerprint density at radius 2 is 2.11 bits per heavy atom. The number of aliphatic hydroxyl groups is 1. The van der Waals surface area contributed by atoms with E-state index in [-0.39, 0.29) is 6.04 Å². The zero-order valence-electron chi connectivity index (χ0n) is 12.0. The van der Waals surface area contributed by atoms with Crippen molar-refractivity contribution in [1.29, 1.82) is 0 Å². The molecule has 0 saturated carbocycles. The highest BCUT2D eigenvalue weighted by molar-refractivity contribution is 5.39. The highest BCUT2D eigenvalue weighted by Crippen LogP contribution is 2.31. The Hall–Kier alpha value is -1.06. The minimum Gasteiger partial charge on any atom is -0.491 e. The van der Waals surface area contributed by atoms with Gasteiger partial charge in [0.1, 0.15) is 12.4 Å². The predicted molar refractivity (Wildman–Crippen MR) is 77.3 cm³/mol. The lowest BCUT2D eigenvalue weighted by molar-refractivity contribution is -0.0113. The second-order valence-electron chi connectivity index (χ2n) is 5.58. The van der Waals surface area contributed by atoms with Gasteiger partial charge in [-0.2, -0.15) is 0 Å². The summed E-state index contributed by atoms with van der Waals surface area (Å²) in [6, 6.07) is 6.28. The first-order valence-electron chi connectivity index (χ1n) is 7.31. The van der Waals surface area contributed by atoms with Crippen LogP contribution >= 0.6 is 0 Å². The van der Waals surface area contributed by atoms with Crippen molar-refractivity contribution < 1.29 is 9.84 Å². The van der Waals surface area contributed by atoms with Gasteiger partial charge in [0, 0.05) is 6.04 Å². The van der Waals surface area contributed by atoms with Crippen LogP contribution in [0, 0.1) is 0 Å². The number of fused-ring (bicyclic) bond motifs is 1. The molecule has 0 spiro atoms. The first kappa shape index (κ1) is 14.4. The molecule has 0 aromatic heterocycles. The Morgan fingerprint density at radius 3 is 2.79 bits per heavy atom. The Bertz CT molecular complexity index is 427. The average molecular weight is 263 g/mol. The minimum atomic E-state index is -0.724. The number of ether oxygens (including phenoxy) is 1. The van der Waals surface area contributed by atoms with Gasteiger partial charge in [0.25, 0.3) is 0 Å². The third-order valence-electron chi connectivity index (χ3n) is 4.30. The second-order valence-corrected chi connectivity index (χ2v) is 5.58. The van der Waals surface area contributed by atoms with E-state index in [0.29, 0.717) is 19.4 Å². The van der Waals surface area contributed by atoms with Crippen LogP contribution in [-0.4, -0.2) is 17.3 Å². The van der Waals surface area contributed by atoms with Gasteiger partial charge in [0.2, 0.25) is 0 Å². The standard InChI is InChI=1S/C16H25NO2/c1-3-16(18,4-2)11-19-13-9-8-12-6-5-7-15(17)14(12)10-13/h8-10,15,18H,3-7,11,17H2,1-2H3/t15-/m1/s1. The third-order valence-corrected chi connectivity index (χ3v) is 4.30. The van der Waals surface area contributed by atoms with E-state index in [9.17, 15) is 5.11 Å². The number of benzene rings is 1. The molecule has 0 aliphatic heterocycles. The normalized spacial score (nSPS) is 19.1. The van der Waals surface area contributed by atoms with Gasteiger partial charge >= 0.3 is 0 Å². The lowest BCUT2D eigenvalue weighted by Crippen LogP contribution is -2.34. The summed E-state index contributed by atoms with van der Waals surface area (Å²) in [5.41, 5.74) is 7.97. The SMILES string of the molecule is CCC(O)(CC)COc1ccc2c(c1)[C@H](N)CCC2. The van der Waals surface area contributed by atoms with Gasteiger partial charge < -0.3 is 15.6 Å². The summed E-state index contributed by atoms with van der Waals surface area (Å²) in [5, 5.41) is 10.2. The van der Waals surface area contributed by atoms with E-state index in [0.717, 1.165) is 18.6 Å². The van der Waals surface area contributed by atoms with Crippen LogP contribution < -0.4 is 10.5 Å². The molecule has 1 aliphatic rings. The van der Waals surface area contributed by atoms with Crippen molar-refractivity contribution in [3.05, 3.63) is 29.3 Å². The molecule has 2 rings (SSSR count). The van der Waals surface area contributed by atoms with Crippen molar-refractivity contribution in [2.75, 3.05) is 6.61 Å². The van der Waals surface area contributed by atoms with Crippen LogP contribution in [0.1, 0.15) is 56.7 Å². The minimum absolute atomic E-state index is 0.128. The first-order chi connectivity index (χ1) is 9.08. The van der Waals surface area contributed by atoms with Gasteiger partial charge in [-0.15, -0.1) is 0 Å². The molecular formula is C16H25NO2. The van der Waals surface area contributed by atoms with Crippen molar-refractivity contribution in [2.24, 2.45) is 5.73 Å². The fourth-order valence-electron chi connectivity index (χ4n) is 2.58. The molecule has 106 valence electrons. The van der Waals surface area contributed by atoms with Gasteiger partial charge in [0.15, 0.2) is 0 Å². The molecule has 0 heterocycles. The monoisotopic (exact) mass is 263 g/mol. The van der Waals surface area contributed by atoms with Crippen LogP contribution in [0.15, 0.2) is 18.2 Å². The average Bonchev–Trinajstić information content (AvgIpc) is 2.45. The summed E-state index contributed by atoms with van der Waals surface area (Å²) in [6.07, 6.45) is 4.73. The summed E-state index contributed by atoms with van der Waals surface area (Å²) in [4.78, 5) is 0. The fourth-order valence-corrected chi connectivity index (χ4v) is 2.58. The largest absolute Gasteiger partial charge is 0.491 e. The Labute approximate surface area is 115 Å². The van der Waals surface area contributed by atoms with Gasteiger partial charge in [-0.25, -0.2) is 0 Å². The van der Waals surface area contributed by atoms with E-state index in [4.69, 9.17) is 10.5 Å². The molecule has 1 atom stereocenters. The smallest absolute Gasteiger partial charge is 0.119 e. The van der Waals surface area contributed by atoms with E-state index in [1.54, 1.807) is 0 Å². The van der Waals surface area contributed by atoms with Gasteiger partial charge in [-0.1, -0.05) is 19.9 Å². The molecule has 0 radical (unpaired) electrons. The van der Waals surface area contributed by atoms with Crippen molar-refractivity contribution in [1.82, 2.24) is 0 Å². The molecule has 0 fully saturated rings. The van der Waals surface area contributed by atoms with E-state index >= 15 is 0 Å². The molecule has 1 aliphatic carbocycles. The van der Waals surface area contributed by atoms with Crippen molar-refractivity contribution in [3.8, 4) is 5.75 Å². The van der Waals surface area contributed by atoms with Crippen LogP contribution in [0.25, 0.3) is 0 Å². The molecule has 0 bridgehead atoms. The lowest BCUT2D eigenvalue weighted by Gasteiger charge is -2.26. The van der Waals surface area contributed by atoms with E-state index < -0.39 is 5.60 Å². The van der Waals surface area contributed by atoms with Crippen LogP contribution in [0.3, 0.4) is 0 Å². The topological polar surface area (TPSA) is 55.5 Å². The van der Waals surface area contributed by atoms with Gasteiger partial charge in [-0.3, -0.25) is 0 Å². The molecular weight excluding hydrogens is 238 g/mol. The van der Waals surface area contributed by atoms with Crippen LogP contribution in [0.2, 0.25) is 0 Å². The van der Waals surface area contributed by atoms with Crippen molar-refractivity contribution in [2.45, 2.75) is 57.6 Å². The first-order valence-corrected chi connectivity index (χ1v) is 7.31. The zero-order valence-corrected chi connectivity index (χ0v) is 12.0. The predicted octanol–water partition coefficient (Wildman–Crippen LogP) is 2.95. The quantitative estimate of drug-likeness (QED) is 0.858. The number of aryl methyl sites for hydroxylation is 1. The zero-order chi connectivity index (χ0) is 13.9. The number of hydrogen-bond acceptors (Lipinski definition) is 3. The van der Waals surface area contributed by atoms with Gasteiger partial charge in [0.05, 0.1) is 5.60 Å². The van der Waals surface area contributed by atoms with E-state index in [1.165, 1.54) is 17.5 Å². The third kappa shape index (κ3) is 3.28. The Morgan fingerprint density at radius 1 is 1.37 bits per heavy atom. The van der Waals surface area contributed by atoms with Crippen molar-refractivity contribution in [3.63, 3.8) is 0 Å². The van der Waals surface area contributed by atoms with E-state index in [2.05, 4.69) is 6.07 Å². The maximum Gasteiger partial charge on any atom is 0.119 e. The second kappa shape index (κ2) is 5.93. The van der Waals surface area contributed by atoms with Crippen molar-refractivity contribution >= 4 is 0 Å². The summed E-state index contributed by atoms with van der Waals surface area (Å²) < 4.78 is 5.76. The van der Waals surface area contributed by atoms with Crippen LogP contribution in [-0.2, 0) is 6.42 Å². The summed E-state index contributed by atoms with van der Waals surface area (Å²) in [7, 11) is 0. The van der Waals surface area contributed by atoms with Gasteiger partial charge in [-0.05, 0) is 55.4 Å². The number of hydrogen-bond donors (Lipinski definition) is 2. The summed E-state index contributed by atoms with van der Waals surface area (Å²) in [6.45, 7) is 4.30. The molecule has 1 aromatic rings. The molecule has 3 heteroatoms. The highest BCUT2D eigenvalue weighted by atomic mass is 16.5. The molecule has 1 aromatic carbocycles. The Balaban J connectivity index is 2.08. The molecule has 19 heavy (non-hydrogen) atoms. The highest BCUT2D eigenvalue weighted by Gasteiger charge is 2.23. The molecule has 0 unspecified atom stereocenters. The summed E-state index contributed by atoms with van der Waals surface area (Å²) >= 11 is 0. The molecule has 3 nitrogen and oxygen atoms in total. The lowest BCUT2D eigenvalue weighted by atomic mass is 9.88. The molecule has 0 saturated heterocycles. The number of rotatable bonds is 5. The molecule has 3 N–H and O–H groups in total.